The molecule has 0 spiro atoms. The fourth-order valence-corrected chi connectivity index (χ4v) is 3.15. The van der Waals surface area contributed by atoms with Crippen molar-refractivity contribution in [3.8, 4) is 0 Å². The summed E-state index contributed by atoms with van der Waals surface area (Å²) in [4.78, 5) is 0. The first-order valence-electron chi connectivity index (χ1n) is 5.95. The van der Waals surface area contributed by atoms with Gasteiger partial charge < -0.3 is 9.88 Å². The predicted octanol–water partition coefficient (Wildman–Crippen LogP) is 3.32. The summed E-state index contributed by atoms with van der Waals surface area (Å²) in [6.45, 7) is 5.37. The Morgan fingerprint density at radius 2 is 2.00 bits per heavy atom. The van der Waals surface area contributed by atoms with Crippen LogP contribution in [-0.2, 0) is 13.5 Å². The van der Waals surface area contributed by atoms with E-state index in [0.717, 1.165) is 13.0 Å². The van der Waals surface area contributed by atoms with Crippen LogP contribution in [0.5, 0.6) is 0 Å². The summed E-state index contributed by atoms with van der Waals surface area (Å²) in [5.74, 6) is 0. The van der Waals surface area contributed by atoms with Crippen molar-refractivity contribution in [3.63, 3.8) is 0 Å². The lowest BCUT2D eigenvalue weighted by molar-refractivity contribution is 0.743. The van der Waals surface area contributed by atoms with Gasteiger partial charge in [-0.2, -0.15) is 0 Å². The highest BCUT2D eigenvalue weighted by Crippen LogP contribution is 2.33. The molecule has 92 valence electrons. The Balaban J connectivity index is 2.67. The molecule has 0 aliphatic heterocycles. The van der Waals surface area contributed by atoms with E-state index in [1.165, 1.54) is 32.2 Å². The van der Waals surface area contributed by atoms with E-state index in [4.69, 9.17) is 0 Å². The summed E-state index contributed by atoms with van der Waals surface area (Å²) in [6, 6.07) is 4.41. The molecule has 0 fully saturated rings. The van der Waals surface area contributed by atoms with E-state index >= 15 is 0 Å². The predicted molar refractivity (Wildman–Crippen MR) is 77.7 cm³/mol. The molecule has 0 amide bonds. The first-order valence-corrected chi connectivity index (χ1v) is 6.74. The summed E-state index contributed by atoms with van der Waals surface area (Å²) in [5.41, 5.74) is 5.44. The Kier molecular flexibility index (Phi) is 3.59. The number of likely N-dealkylation sites (N-methyl/N-ethyl adjacent to an activating group) is 1. The van der Waals surface area contributed by atoms with Gasteiger partial charge in [0.1, 0.15) is 0 Å². The number of nitrogens with zero attached hydrogens (tertiary/aromatic N) is 1. The van der Waals surface area contributed by atoms with Gasteiger partial charge in [0, 0.05) is 35.6 Å². The van der Waals surface area contributed by atoms with Gasteiger partial charge in [-0.3, -0.25) is 0 Å². The van der Waals surface area contributed by atoms with Crippen LogP contribution in [0.4, 0.5) is 0 Å². The number of halogens is 1. The second-order valence-electron chi connectivity index (χ2n) is 4.58. The van der Waals surface area contributed by atoms with Gasteiger partial charge in [0.05, 0.1) is 5.52 Å². The van der Waals surface area contributed by atoms with Crippen LogP contribution in [0.1, 0.15) is 16.8 Å². The van der Waals surface area contributed by atoms with Crippen LogP contribution < -0.4 is 5.32 Å². The van der Waals surface area contributed by atoms with Crippen LogP contribution in [0, 0.1) is 13.8 Å². The van der Waals surface area contributed by atoms with E-state index in [0.29, 0.717) is 0 Å². The summed E-state index contributed by atoms with van der Waals surface area (Å²) in [7, 11) is 4.15. The lowest BCUT2D eigenvalue weighted by atomic mass is 10.1. The maximum atomic E-state index is 3.74. The number of nitrogens with one attached hydrogen (secondary N) is 1. The van der Waals surface area contributed by atoms with Crippen LogP contribution in [0.3, 0.4) is 0 Å². The van der Waals surface area contributed by atoms with Crippen LogP contribution in [0.15, 0.2) is 16.6 Å². The largest absolute Gasteiger partial charge is 0.346 e. The summed E-state index contributed by atoms with van der Waals surface area (Å²) in [5, 5.41) is 4.53. The van der Waals surface area contributed by atoms with Gasteiger partial charge in [-0.05, 0) is 48.0 Å². The van der Waals surface area contributed by atoms with Crippen LogP contribution in [0.25, 0.3) is 10.9 Å². The maximum Gasteiger partial charge on any atom is 0.0524 e. The number of aryl methyl sites for hydroxylation is 3. The van der Waals surface area contributed by atoms with E-state index in [1.807, 2.05) is 7.05 Å². The van der Waals surface area contributed by atoms with E-state index < -0.39 is 0 Å². The third-order valence-corrected chi connectivity index (χ3v) is 4.43. The minimum absolute atomic E-state index is 1.00. The molecule has 0 radical (unpaired) electrons. The van der Waals surface area contributed by atoms with E-state index in [-0.39, 0.29) is 0 Å². The van der Waals surface area contributed by atoms with Gasteiger partial charge in [-0.1, -0.05) is 12.1 Å². The van der Waals surface area contributed by atoms with Crippen molar-refractivity contribution in [1.82, 2.24) is 9.88 Å². The molecule has 0 bridgehead atoms. The fourth-order valence-electron chi connectivity index (χ4n) is 2.37. The molecule has 2 nitrogen and oxygen atoms in total. The lowest BCUT2D eigenvalue weighted by Gasteiger charge is -2.07. The standard InChI is InChI=1S/C14H19BrN2/c1-9-5-6-11-13(15)12(7-8-16-3)17(4)14(11)10(9)2/h5-6,16H,7-8H2,1-4H3. The van der Waals surface area contributed by atoms with Crippen LogP contribution in [-0.4, -0.2) is 18.2 Å². The fraction of sp³-hybridized carbons (Fsp3) is 0.429. The van der Waals surface area contributed by atoms with Crippen molar-refractivity contribution in [2.45, 2.75) is 20.3 Å². The van der Waals surface area contributed by atoms with E-state index in [1.54, 1.807) is 0 Å². The molecule has 1 aromatic heterocycles. The normalized spacial score (nSPS) is 11.4. The average Bonchev–Trinajstić information content (AvgIpc) is 2.55. The minimum atomic E-state index is 1.00. The van der Waals surface area contributed by atoms with Gasteiger partial charge in [-0.25, -0.2) is 0 Å². The number of fused-ring (bicyclic) bond motifs is 1. The van der Waals surface area contributed by atoms with Crippen molar-refractivity contribution in [1.29, 1.82) is 0 Å². The Bertz CT molecular complexity index is 555. The highest BCUT2D eigenvalue weighted by Gasteiger charge is 2.14. The first-order chi connectivity index (χ1) is 8.07. The van der Waals surface area contributed by atoms with Gasteiger partial charge in [0.2, 0.25) is 0 Å². The molecule has 0 aliphatic carbocycles. The Labute approximate surface area is 111 Å². The van der Waals surface area contributed by atoms with Gasteiger partial charge in [0.25, 0.3) is 0 Å². The van der Waals surface area contributed by atoms with Crippen LogP contribution in [0.2, 0.25) is 0 Å². The van der Waals surface area contributed by atoms with Crippen molar-refractivity contribution in [3.05, 3.63) is 33.4 Å². The molecular formula is C14H19BrN2. The quantitative estimate of drug-likeness (QED) is 0.919. The molecule has 0 unspecified atom stereocenters. The number of rotatable bonds is 3. The number of aromatic nitrogens is 1. The van der Waals surface area contributed by atoms with Gasteiger partial charge >= 0.3 is 0 Å². The smallest absolute Gasteiger partial charge is 0.0524 e. The number of benzene rings is 1. The number of hydrogen-bond acceptors (Lipinski definition) is 1. The monoisotopic (exact) mass is 294 g/mol. The second-order valence-corrected chi connectivity index (χ2v) is 5.37. The summed E-state index contributed by atoms with van der Waals surface area (Å²) < 4.78 is 3.56. The number of hydrogen-bond donors (Lipinski definition) is 1. The highest BCUT2D eigenvalue weighted by molar-refractivity contribution is 9.10. The lowest BCUT2D eigenvalue weighted by Crippen LogP contribution is -2.12. The van der Waals surface area contributed by atoms with Gasteiger partial charge in [0.15, 0.2) is 0 Å². The molecule has 1 aromatic carbocycles. The molecule has 3 heteroatoms. The molecular weight excluding hydrogens is 276 g/mol. The Morgan fingerprint density at radius 3 is 2.65 bits per heavy atom. The molecule has 0 aliphatic rings. The third kappa shape index (κ3) is 2.02. The van der Waals surface area contributed by atoms with Crippen molar-refractivity contribution in [2.75, 3.05) is 13.6 Å². The molecule has 0 saturated carbocycles. The molecule has 2 aromatic rings. The first kappa shape index (κ1) is 12.7. The zero-order valence-electron chi connectivity index (χ0n) is 10.9. The van der Waals surface area contributed by atoms with Crippen molar-refractivity contribution in [2.24, 2.45) is 7.05 Å². The van der Waals surface area contributed by atoms with E-state index in [9.17, 15) is 0 Å². The van der Waals surface area contributed by atoms with E-state index in [2.05, 4.69) is 58.8 Å². The molecule has 0 atom stereocenters. The zero-order chi connectivity index (χ0) is 12.6. The molecule has 1 N–H and O–H groups in total. The second kappa shape index (κ2) is 4.83. The average molecular weight is 295 g/mol. The third-order valence-electron chi connectivity index (χ3n) is 3.54. The summed E-state index contributed by atoms with van der Waals surface area (Å²) >= 11 is 3.74. The van der Waals surface area contributed by atoms with Crippen molar-refractivity contribution < 1.29 is 0 Å². The molecule has 1 heterocycles. The molecule has 17 heavy (non-hydrogen) atoms. The topological polar surface area (TPSA) is 17.0 Å². The van der Waals surface area contributed by atoms with Gasteiger partial charge in [-0.15, -0.1) is 0 Å². The highest BCUT2D eigenvalue weighted by atomic mass is 79.9. The Morgan fingerprint density at radius 1 is 1.29 bits per heavy atom. The minimum Gasteiger partial charge on any atom is -0.346 e. The summed E-state index contributed by atoms with van der Waals surface area (Å²) in [6.07, 6.45) is 1.04. The van der Waals surface area contributed by atoms with Crippen molar-refractivity contribution >= 4 is 26.8 Å². The zero-order valence-corrected chi connectivity index (χ0v) is 12.5. The Hall–Kier alpha value is -0.800. The molecule has 2 rings (SSSR count). The maximum absolute atomic E-state index is 3.74. The molecule has 0 saturated heterocycles. The van der Waals surface area contributed by atoms with Crippen LogP contribution >= 0.6 is 15.9 Å². The SMILES string of the molecule is CNCCc1c(Br)c2ccc(C)c(C)c2n1C.